The van der Waals surface area contributed by atoms with E-state index in [0.717, 1.165) is 12.1 Å². The summed E-state index contributed by atoms with van der Waals surface area (Å²) in [4.78, 5) is 13.5. The lowest BCUT2D eigenvalue weighted by molar-refractivity contribution is -0.116. The Morgan fingerprint density at radius 1 is 1.10 bits per heavy atom. The first kappa shape index (κ1) is 16.8. The van der Waals surface area contributed by atoms with Crippen LogP contribution in [0, 0.1) is 0 Å². The molecule has 1 rings (SSSR count). The van der Waals surface area contributed by atoms with Gasteiger partial charge in [0, 0.05) is 46.5 Å². The monoisotopic (exact) mass is 297 g/mol. The van der Waals surface area contributed by atoms with Crippen LogP contribution in [0.2, 0.25) is 6.04 Å². The largest absolute Gasteiger partial charge is 0.500 e. The van der Waals surface area contributed by atoms with E-state index in [2.05, 4.69) is 0 Å². The topological polar surface area (TPSA) is 48.0 Å². The molecule has 1 aromatic carbocycles. The molecule has 1 amide bonds. The van der Waals surface area contributed by atoms with Crippen molar-refractivity contribution in [3.05, 3.63) is 30.3 Å². The second-order valence-electron chi connectivity index (χ2n) is 4.41. The number of rotatable bonds is 8. The van der Waals surface area contributed by atoms with E-state index in [0.29, 0.717) is 12.6 Å². The zero-order valence-electron chi connectivity index (χ0n) is 12.6. The Morgan fingerprint density at radius 2 is 1.65 bits per heavy atom. The van der Waals surface area contributed by atoms with Gasteiger partial charge >= 0.3 is 8.80 Å². The van der Waals surface area contributed by atoms with E-state index >= 15 is 0 Å². The van der Waals surface area contributed by atoms with E-state index in [9.17, 15) is 4.79 Å². The molecule has 5 nitrogen and oxygen atoms in total. The van der Waals surface area contributed by atoms with Gasteiger partial charge in [-0.15, -0.1) is 0 Å². The molecule has 0 N–H and O–H groups in total. The average molecular weight is 297 g/mol. The molecular formula is C14H23NO4Si. The lowest BCUT2D eigenvalue weighted by Crippen LogP contribution is -2.43. The van der Waals surface area contributed by atoms with E-state index in [1.165, 1.54) is 0 Å². The highest BCUT2D eigenvalue weighted by atomic mass is 28.4. The van der Waals surface area contributed by atoms with Crippen molar-refractivity contribution in [2.24, 2.45) is 0 Å². The third kappa shape index (κ3) is 4.41. The predicted octanol–water partition coefficient (Wildman–Crippen LogP) is 2.31. The van der Waals surface area contributed by atoms with Crippen LogP contribution in [0.1, 0.15) is 13.3 Å². The van der Waals surface area contributed by atoms with Crippen LogP contribution in [0.25, 0.3) is 0 Å². The molecule has 0 aliphatic heterocycles. The number of hydrogen-bond acceptors (Lipinski definition) is 4. The number of amides is 1. The Hall–Kier alpha value is -1.21. The van der Waals surface area contributed by atoms with Crippen LogP contribution in [0.3, 0.4) is 0 Å². The van der Waals surface area contributed by atoms with Crippen molar-refractivity contribution < 1.29 is 18.1 Å². The third-order valence-corrected chi connectivity index (χ3v) is 6.08. The molecule has 0 heterocycles. The van der Waals surface area contributed by atoms with Gasteiger partial charge in [-0.05, 0) is 18.6 Å². The second-order valence-corrected chi connectivity index (χ2v) is 7.50. The van der Waals surface area contributed by atoms with Gasteiger partial charge in [0.15, 0.2) is 0 Å². The fourth-order valence-electron chi connectivity index (χ4n) is 2.09. The summed E-state index contributed by atoms with van der Waals surface area (Å²) in [6, 6.07) is 10.3. The van der Waals surface area contributed by atoms with E-state index in [-0.39, 0.29) is 5.91 Å². The van der Waals surface area contributed by atoms with Gasteiger partial charge in [0.1, 0.15) is 0 Å². The van der Waals surface area contributed by atoms with Gasteiger partial charge < -0.3 is 18.2 Å². The molecule has 0 aliphatic rings. The summed E-state index contributed by atoms with van der Waals surface area (Å²) in [5.74, 6) is 0.0238. The minimum atomic E-state index is -2.56. The van der Waals surface area contributed by atoms with Gasteiger partial charge in [0.05, 0.1) is 0 Å². The lowest BCUT2D eigenvalue weighted by atomic mass is 10.2. The van der Waals surface area contributed by atoms with E-state index < -0.39 is 8.80 Å². The maximum atomic E-state index is 11.8. The fourth-order valence-corrected chi connectivity index (χ4v) is 3.79. The minimum absolute atomic E-state index is 0.0238. The van der Waals surface area contributed by atoms with E-state index in [4.69, 9.17) is 13.3 Å². The molecule has 0 spiro atoms. The molecule has 0 unspecified atom stereocenters. The first-order valence-electron chi connectivity index (χ1n) is 6.57. The van der Waals surface area contributed by atoms with Crippen molar-refractivity contribution in [2.45, 2.75) is 19.4 Å². The molecule has 6 heteroatoms. The molecular weight excluding hydrogens is 274 g/mol. The van der Waals surface area contributed by atoms with Crippen LogP contribution in [0.15, 0.2) is 30.3 Å². The van der Waals surface area contributed by atoms with E-state index in [1.807, 2.05) is 30.3 Å². The molecule has 20 heavy (non-hydrogen) atoms. The first-order chi connectivity index (χ1) is 9.58. The highest BCUT2D eigenvalue weighted by molar-refractivity contribution is 6.60. The molecule has 0 aliphatic carbocycles. The summed E-state index contributed by atoms with van der Waals surface area (Å²) in [6.07, 6.45) is 0.760. The van der Waals surface area contributed by atoms with Crippen LogP contribution in [0.5, 0.6) is 0 Å². The van der Waals surface area contributed by atoms with E-state index in [1.54, 1.807) is 33.2 Å². The van der Waals surface area contributed by atoms with Crippen LogP contribution < -0.4 is 4.90 Å². The minimum Gasteiger partial charge on any atom is -0.377 e. The average Bonchev–Trinajstić information content (AvgIpc) is 2.49. The Labute approximate surface area is 121 Å². The third-order valence-electron chi connectivity index (χ3n) is 3.25. The highest BCUT2D eigenvalue weighted by Gasteiger charge is 2.37. The predicted molar refractivity (Wildman–Crippen MR) is 80.7 cm³/mol. The number of carbonyl (C=O) groups excluding carboxylic acids is 1. The van der Waals surface area contributed by atoms with Gasteiger partial charge in [-0.1, -0.05) is 18.2 Å². The Kier molecular flexibility index (Phi) is 6.87. The summed E-state index contributed by atoms with van der Waals surface area (Å²) in [6.45, 7) is 2.19. The van der Waals surface area contributed by atoms with Crippen molar-refractivity contribution in [3.8, 4) is 0 Å². The number of nitrogens with zero attached hydrogens (tertiary/aromatic N) is 1. The van der Waals surface area contributed by atoms with Gasteiger partial charge in [-0.25, -0.2) is 0 Å². The standard InChI is InChI=1S/C14H23NO4Si/c1-13(16)15(14-9-6-5-7-10-14)11-8-12-20(17-2,18-3)19-4/h5-7,9-10H,8,11-12H2,1-4H3. The van der Waals surface area contributed by atoms with Crippen LogP contribution in [-0.2, 0) is 18.1 Å². The first-order valence-corrected chi connectivity index (χ1v) is 8.50. The molecule has 0 fully saturated rings. The summed E-state index contributed by atoms with van der Waals surface area (Å²) < 4.78 is 16.1. The second kappa shape index (κ2) is 8.16. The van der Waals surface area contributed by atoms with Crippen LogP contribution >= 0.6 is 0 Å². The maximum Gasteiger partial charge on any atom is 0.500 e. The summed E-state index contributed by atoms with van der Waals surface area (Å²) in [5.41, 5.74) is 0.902. The number of para-hydroxylation sites is 1. The van der Waals surface area contributed by atoms with Gasteiger partial charge in [-0.2, -0.15) is 0 Å². The number of carbonyl (C=O) groups is 1. The van der Waals surface area contributed by atoms with Crippen LogP contribution in [0.4, 0.5) is 5.69 Å². The molecule has 1 aromatic rings. The van der Waals surface area contributed by atoms with Crippen molar-refractivity contribution >= 4 is 20.4 Å². The zero-order valence-corrected chi connectivity index (χ0v) is 13.6. The van der Waals surface area contributed by atoms with Crippen LogP contribution in [-0.4, -0.2) is 42.6 Å². The summed E-state index contributed by atoms with van der Waals surface area (Å²) in [7, 11) is 2.23. The van der Waals surface area contributed by atoms with Crippen molar-refractivity contribution in [1.82, 2.24) is 0 Å². The molecule has 0 saturated heterocycles. The SMILES string of the molecule is CO[Si](CCCN(C(C)=O)c1ccccc1)(OC)OC. The highest BCUT2D eigenvalue weighted by Crippen LogP contribution is 2.18. The van der Waals surface area contributed by atoms with Crippen molar-refractivity contribution in [2.75, 3.05) is 32.8 Å². The summed E-state index contributed by atoms with van der Waals surface area (Å²) in [5, 5.41) is 0. The lowest BCUT2D eigenvalue weighted by Gasteiger charge is -2.26. The van der Waals surface area contributed by atoms with Crippen molar-refractivity contribution in [1.29, 1.82) is 0 Å². The number of benzene rings is 1. The number of anilines is 1. The normalized spacial score (nSPS) is 11.4. The molecule has 0 saturated carbocycles. The Bertz CT molecular complexity index is 401. The molecule has 0 atom stereocenters. The van der Waals surface area contributed by atoms with Gasteiger partial charge in [0.25, 0.3) is 0 Å². The molecule has 112 valence electrons. The van der Waals surface area contributed by atoms with Gasteiger partial charge in [-0.3, -0.25) is 4.79 Å². The Morgan fingerprint density at radius 3 is 2.10 bits per heavy atom. The van der Waals surface area contributed by atoms with Gasteiger partial charge in [0.2, 0.25) is 5.91 Å². The molecule has 0 bridgehead atoms. The summed E-state index contributed by atoms with van der Waals surface area (Å²) >= 11 is 0. The molecule has 0 aromatic heterocycles. The maximum absolute atomic E-state index is 11.8. The smallest absolute Gasteiger partial charge is 0.377 e. The number of hydrogen-bond donors (Lipinski definition) is 0. The quantitative estimate of drug-likeness (QED) is 0.691. The van der Waals surface area contributed by atoms with Crippen molar-refractivity contribution in [3.63, 3.8) is 0 Å². The zero-order chi connectivity index (χ0) is 15.0. The molecule has 0 radical (unpaired) electrons. The Balaban J connectivity index is 2.63. The fraction of sp³-hybridized carbons (Fsp3) is 0.500.